The molecule has 128 valence electrons. The van der Waals surface area contributed by atoms with Crippen LogP contribution in [0.3, 0.4) is 0 Å². The van der Waals surface area contributed by atoms with E-state index in [1.807, 2.05) is 23.1 Å². The van der Waals surface area contributed by atoms with Gasteiger partial charge in [-0.15, -0.1) is 0 Å². The maximum atomic E-state index is 12.9. The summed E-state index contributed by atoms with van der Waals surface area (Å²) in [7, 11) is 0. The van der Waals surface area contributed by atoms with Crippen LogP contribution in [0.15, 0.2) is 42.5 Å². The number of alkyl halides is 3. The van der Waals surface area contributed by atoms with Crippen LogP contribution in [0.4, 0.5) is 19.0 Å². The summed E-state index contributed by atoms with van der Waals surface area (Å²) in [5.74, 6) is 0.813. The Kier molecular flexibility index (Phi) is 4.76. The maximum Gasteiger partial charge on any atom is 0.433 e. The molecule has 3 rings (SSSR count). The van der Waals surface area contributed by atoms with Crippen LogP contribution in [0, 0.1) is 0 Å². The van der Waals surface area contributed by atoms with Crippen molar-refractivity contribution >= 4 is 5.82 Å². The molecule has 0 unspecified atom stereocenters. The first-order valence-corrected chi connectivity index (χ1v) is 8.06. The summed E-state index contributed by atoms with van der Waals surface area (Å²) in [6.45, 7) is 1.54. The molecule has 0 bridgehead atoms. The molecule has 1 aliphatic heterocycles. The van der Waals surface area contributed by atoms with E-state index in [1.165, 1.54) is 11.6 Å². The minimum absolute atomic E-state index is 0.180. The number of hydrogen-bond donors (Lipinski definition) is 1. The van der Waals surface area contributed by atoms with Gasteiger partial charge in [0.25, 0.3) is 0 Å². The molecule has 0 saturated carbocycles. The van der Waals surface area contributed by atoms with Gasteiger partial charge in [-0.25, -0.2) is 4.98 Å². The first kappa shape index (κ1) is 16.8. The summed E-state index contributed by atoms with van der Waals surface area (Å²) in [4.78, 5) is 5.78. The van der Waals surface area contributed by atoms with Crippen LogP contribution >= 0.6 is 0 Å². The highest BCUT2D eigenvalue weighted by molar-refractivity contribution is 5.49. The van der Waals surface area contributed by atoms with Crippen molar-refractivity contribution in [1.82, 2.24) is 4.98 Å². The predicted molar refractivity (Wildman–Crippen MR) is 87.8 cm³/mol. The molecule has 24 heavy (non-hydrogen) atoms. The Labute approximate surface area is 139 Å². The van der Waals surface area contributed by atoms with Gasteiger partial charge in [-0.2, -0.15) is 13.2 Å². The number of aromatic nitrogens is 1. The Morgan fingerprint density at radius 2 is 1.71 bits per heavy atom. The van der Waals surface area contributed by atoms with Crippen LogP contribution in [0.2, 0.25) is 0 Å². The van der Waals surface area contributed by atoms with Crippen LogP contribution in [-0.4, -0.2) is 18.1 Å². The summed E-state index contributed by atoms with van der Waals surface area (Å²) < 4.78 is 38.8. The molecule has 1 aliphatic rings. The largest absolute Gasteiger partial charge is 0.433 e. The van der Waals surface area contributed by atoms with Crippen LogP contribution in [0.5, 0.6) is 0 Å². The molecule has 1 fully saturated rings. The molecule has 0 amide bonds. The van der Waals surface area contributed by atoms with Crippen molar-refractivity contribution in [2.45, 2.75) is 31.5 Å². The topological polar surface area (TPSA) is 42.1 Å². The number of hydrogen-bond acceptors (Lipinski definition) is 3. The lowest BCUT2D eigenvalue weighted by Crippen LogP contribution is -2.35. The number of pyridine rings is 1. The van der Waals surface area contributed by atoms with Gasteiger partial charge in [-0.1, -0.05) is 36.4 Å². The third kappa shape index (κ3) is 3.53. The van der Waals surface area contributed by atoms with Gasteiger partial charge < -0.3 is 10.6 Å². The zero-order valence-corrected chi connectivity index (χ0v) is 13.3. The standard InChI is InChI=1S/C18H20F3N3/c19-18(20,21)16-7-6-15(12-22)17(23-16)24-10-8-14(9-11-24)13-4-2-1-3-5-13/h1-7,14H,8-12,22H2. The van der Waals surface area contributed by atoms with Crippen LogP contribution in [-0.2, 0) is 12.7 Å². The molecule has 0 aliphatic carbocycles. The van der Waals surface area contributed by atoms with Gasteiger partial charge in [0.2, 0.25) is 0 Å². The molecule has 1 aromatic heterocycles. The van der Waals surface area contributed by atoms with E-state index in [9.17, 15) is 13.2 Å². The van der Waals surface area contributed by atoms with Crippen molar-refractivity contribution < 1.29 is 13.2 Å². The summed E-state index contributed by atoms with van der Waals surface area (Å²) >= 11 is 0. The summed E-state index contributed by atoms with van der Waals surface area (Å²) in [6, 6.07) is 12.7. The van der Waals surface area contributed by atoms with Crippen molar-refractivity contribution in [3.8, 4) is 0 Å². The molecule has 0 atom stereocenters. The fraction of sp³-hybridized carbons (Fsp3) is 0.389. The fourth-order valence-corrected chi connectivity index (χ4v) is 3.22. The third-order valence-corrected chi connectivity index (χ3v) is 4.53. The summed E-state index contributed by atoms with van der Waals surface area (Å²) in [6.07, 6.45) is -2.65. The first-order valence-electron chi connectivity index (χ1n) is 8.06. The smallest absolute Gasteiger partial charge is 0.356 e. The van der Waals surface area contributed by atoms with Crippen LogP contribution in [0.25, 0.3) is 0 Å². The number of nitrogens with zero attached hydrogens (tertiary/aromatic N) is 2. The molecule has 0 radical (unpaired) electrons. The molecular formula is C18H20F3N3. The Morgan fingerprint density at radius 3 is 2.29 bits per heavy atom. The molecule has 0 spiro atoms. The number of benzene rings is 1. The zero-order valence-electron chi connectivity index (χ0n) is 13.3. The van der Waals surface area contributed by atoms with Crippen molar-refractivity contribution in [3.63, 3.8) is 0 Å². The Morgan fingerprint density at radius 1 is 1.04 bits per heavy atom. The van der Waals surface area contributed by atoms with E-state index in [-0.39, 0.29) is 6.54 Å². The van der Waals surface area contributed by atoms with E-state index in [0.29, 0.717) is 30.4 Å². The second-order valence-corrected chi connectivity index (χ2v) is 6.05. The zero-order chi connectivity index (χ0) is 17.2. The maximum absolute atomic E-state index is 12.9. The summed E-state index contributed by atoms with van der Waals surface area (Å²) in [5.41, 5.74) is 6.76. The van der Waals surface area contributed by atoms with Gasteiger partial charge >= 0.3 is 6.18 Å². The highest BCUT2D eigenvalue weighted by Crippen LogP contribution is 2.34. The molecule has 6 heteroatoms. The first-order chi connectivity index (χ1) is 11.5. The average Bonchev–Trinajstić information content (AvgIpc) is 2.61. The number of halogens is 3. The van der Waals surface area contributed by atoms with Crippen LogP contribution in [0.1, 0.15) is 35.6 Å². The quantitative estimate of drug-likeness (QED) is 0.924. The Balaban J connectivity index is 1.78. The molecule has 2 aromatic rings. The second-order valence-electron chi connectivity index (χ2n) is 6.05. The molecule has 3 nitrogen and oxygen atoms in total. The Hall–Kier alpha value is -2.08. The van der Waals surface area contributed by atoms with Gasteiger partial charge in [0.05, 0.1) is 0 Å². The highest BCUT2D eigenvalue weighted by Gasteiger charge is 2.34. The summed E-state index contributed by atoms with van der Waals surface area (Å²) in [5, 5.41) is 0. The normalized spacial score (nSPS) is 16.4. The van der Waals surface area contributed by atoms with E-state index >= 15 is 0 Å². The number of nitrogens with two attached hydrogens (primary N) is 1. The van der Waals surface area contributed by atoms with Gasteiger partial charge in [-0.3, -0.25) is 0 Å². The second kappa shape index (κ2) is 6.81. The lowest BCUT2D eigenvalue weighted by atomic mass is 9.89. The van der Waals surface area contributed by atoms with Crippen LogP contribution < -0.4 is 10.6 Å². The monoisotopic (exact) mass is 335 g/mol. The van der Waals surface area contributed by atoms with Crippen molar-refractivity contribution in [2.24, 2.45) is 5.73 Å². The minimum Gasteiger partial charge on any atom is -0.356 e. The highest BCUT2D eigenvalue weighted by atomic mass is 19.4. The van der Waals surface area contributed by atoms with Gasteiger partial charge in [0, 0.05) is 25.2 Å². The molecule has 2 N–H and O–H groups in total. The minimum atomic E-state index is -4.44. The van der Waals surface area contributed by atoms with Gasteiger partial charge in [0.15, 0.2) is 0 Å². The van der Waals surface area contributed by atoms with Gasteiger partial charge in [0.1, 0.15) is 11.5 Å². The van der Waals surface area contributed by atoms with E-state index in [4.69, 9.17) is 5.73 Å². The van der Waals surface area contributed by atoms with E-state index in [2.05, 4.69) is 17.1 Å². The molecule has 1 saturated heterocycles. The van der Waals surface area contributed by atoms with E-state index < -0.39 is 11.9 Å². The number of piperidine rings is 1. The molecule has 1 aromatic carbocycles. The SMILES string of the molecule is NCc1ccc(C(F)(F)F)nc1N1CCC(c2ccccc2)CC1. The third-order valence-electron chi connectivity index (χ3n) is 4.53. The molecule has 2 heterocycles. The van der Waals surface area contributed by atoms with E-state index in [1.54, 1.807) is 0 Å². The molecular weight excluding hydrogens is 315 g/mol. The van der Waals surface area contributed by atoms with Gasteiger partial charge in [-0.05, 0) is 30.4 Å². The predicted octanol–water partition coefficient (Wildman–Crippen LogP) is 3.94. The number of rotatable bonds is 3. The Bertz CT molecular complexity index is 678. The number of anilines is 1. The lowest BCUT2D eigenvalue weighted by Gasteiger charge is -2.34. The fourth-order valence-electron chi connectivity index (χ4n) is 3.22. The van der Waals surface area contributed by atoms with Crippen molar-refractivity contribution in [1.29, 1.82) is 0 Å². The lowest BCUT2D eigenvalue weighted by molar-refractivity contribution is -0.141. The average molecular weight is 335 g/mol. The van der Waals surface area contributed by atoms with E-state index in [0.717, 1.165) is 18.9 Å². The van der Waals surface area contributed by atoms with Crippen molar-refractivity contribution in [2.75, 3.05) is 18.0 Å². The van der Waals surface area contributed by atoms with Crippen molar-refractivity contribution in [3.05, 3.63) is 59.3 Å².